The molecule has 41 heavy (non-hydrogen) atoms. The van der Waals surface area contributed by atoms with Gasteiger partial charge in [0.1, 0.15) is 6.10 Å². The third-order valence-corrected chi connectivity index (χ3v) is 12.8. The predicted octanol–water partition coefficient (Wildman–Crippen LogP) is 7.46. The first-order valence-corrected chi connectivity index (χ1v) is 16.4. The number of rotatable bonds is 12. The Morgan fingerprint density at radius 1 is 1.00 bits per heavy atom. The van der Waals surface area contributed by atoms with E-state index >= 15 is 0 Å². The second kappa shape index (κ2) is 13.4. The van der Waals surface area contributed by atoms with E-state index in [1.165, 1.54) is 10.4 Å². The molecule has 0 unspecified atom stereocenters. The molecule has 1 aliphatic heterocycles. The minimum absolute atomic E-state index is 0.00862. The number of ketones is 1. The third kappa shape index (κ3) is 7.92. The lowest BCUT2D eigenvalue weighted by Gasteiger charge is -2.45. The number of carbonyl (C=O) groups excluding carboxylic acids is 1. The minimum atomic E-state index is -2.93. The van der Waals surface area contributed by atoms with Gasteiger partial charge in [0.05, 0.1) is 12.2 Å². The first kappa shape index (κ1) is 32.7. The van der Waals surface area contributed by atoms with Crippen LogP contribution in [-0.2, 0) is 18.7 Å². The average molecular weight is 573 g/mol. The molecule has 3 atom stereocenters. The van der Waals surface area contributed by atoms with Crippen LogP contribution in [0.1, 0.15) is 68.2 Å². The number of hydrogen-bond donors (Lipinski definition) is 0. The number of benzene rings is 2. The van der Waals surface area contributed by atoms with Crippen molar-refractivity contribution in [3.63, 3.8) is 0 Å². The maximum Gasteiger partial charge on any atom is 0.261 e. The van der Waals surface area contributed by atoms with E-state index in [0.29, 0.717) is 12.0 Å². The van der Waals surface area contributed by atoms with E-state index < -0.39 is 20.2 Å². The molecule has 0 aliphatic carbocycles. The maximum absolute atomic E-state index is 13.2. The molecule has 0 radical (unpaired) electrons. The Bertz CT molecular complexity index is 1230. The quantitative estimate of drug-likeness (QED) is 0.115. The van der Waals surface area contributed by atoms with Crippen LogP contribution in [0.2, 0.25) is 5.04 Å². The molecule has 3 rings (SSSR count). The standard InChI is InChI=1S/C36H48O4Si/c1-11-27(4)22-23-32-34(39-36(9,10)38-32)24-28(5)33(25-31(37)26(2)3)40-41(35(6,7)8,29-18-14-12-15-19-29)30-20-16-13-17-21-30/h11-22,24,32-34H,1-2,23,25H2,3-10H3/b27-22+,28-24-/t32-,33-,34-/m0/s1. The van der Waals surface area contributed by atoms with Gasteiger partial charge < -0.3 is 13.9 Å². The lowest BCUT2D eigenvalue weighted by molar-refractivity contribution is -0.142. The lowest BCUT2D eigenvalue weighted by atomic mass is 9.99. The molecule has 0 aromatic heterocycles. The summed E-state index contributed by atoms with van der Waals surface area (Å²) in [4.78, 5) is 13.2. The molecule has 1 fully saturated rings. The van der Waals surface area contributed by atoms with Crippen molar-refractivity contribution in [2.24, 2.45) is 0 Å². The molecule has 0 spiro atoms. The number of Topliss-reactive ketones (excluding diaryl/α,β-unsaturated/α-hetero) is 1. The van der Waals surface area contributed by atoms with E-state index in [4.69, 9.17) is 13.9 Å². The van der Waals surface area contributed by atoms with Gasteiger partial charge in [0, 0.05) is 6.42 Å². The van der Waals surface area contributed by atoms with E-state index in [1.54, 1.807) is 6.92 Å². The van der Waals surface area contributed by atoms with Gasteiger partial charge in [-0.2, -0.15) is 0 Å². The zero-order chi connectivity index (χ0) is 30.4. The predicted molar refractivity (Wildman–Crippen MR) is 173 cm³/mol. The van der Waals surface area contributed by atoms with Crippen molar-refractivity contribution in [1.29, 1.82) is 0 Å². The third-order valence-electron chi connectivity index (χ3n) is 7.73. The number of allylic oxidation sites excluding steroid dienone is 3. The SMILES string of the molecule is C=C/C(C)=C/C[C@@H]1OC(C)(C)O[C@H]1/C=C(/C)[C@H](CC(=O)C(=C)C)O[Si](c1ccccc1)(c1ccccc1)C(C)(C)C. The van der Waals surface area contributed by atoms with Crippen molar-refractivity contribution in [3.8, 4) is 0 Å². The largest absolute Gasteiger partial charge is 0.400 e. The summed E-state index contributed by atoms with van der Waals surface area (Å²) in [6, 6.07) is 21.0. The van der Waals surface area contributed by atoms with Crippen molar-refractivity contribution in [3.05, 3.63) is 109 Å². The van der Waals surface area contributed by atoms with Crippen LogP contribution in [0.5, 0.6) is 0 Å². The summed E-state index contributed by atoms with van der Waals surface area (Å²) in [5.41, 5.74) is 2.57. The first-order valence-electron chi connectivity index (χ1n) is 14.5. The molecule has 0 amide bonds. The summed E-state index contributed by atoms with van der Waals surface area (Å²) in [5, 5.41) is 2.11. The van der Waals surface area contributed by atoms with Crippen LogP contribution >= 0.6 is 0 Å². The average Bonchev–Trinajstić information content (AvgIpc) is 3.22. The van der Waals surface area contributed by atoms with Gasteiger partial charge in [-0.3, -0.25) is 4.79 Å². The van der Waals surface area contributed by atoms with Gasteiger partial charge in [0.25, 0.3) is 8.32 Å². The summed E-state index contributed by atoms with van der Waals surface area (Å²) < 4.78 is 20.1. The van der Waals surface area contributed by atoms with Crippen molar-refractivity contribution >= 4 is 24.5 Å². The van der Waals surface area contributed by atoms with Gasteiger partial charge in [-0.25, -0.2) is 0 Å². The zero-order valence-corrected chi connectivity index (χ0v) is 27.2. The highest BCUT2D eigenvalue weighted by atomic mass is 28.4. The summed E-state index contributed by atoms with van der Waals surface area (Å²) in [7, 11) is -2.93. The molecule has 0 saturated carbocycles. The van der Waals surface area contributed by atoms with E-state index in [0.717, 1.165) is 11.1 Å². The van der Waals surface area contributed by atoms with Gasteiger partial charge in [-0.15, -0.1) is 0 Å². The first-order chi connectivity index (χ1) is 19.2. The fourth-order valence-corrected chi connectivity index (χ4v) is 10.2. The second-order valence-corrected chi connectivity index (χ2v) is 16.9. The highest BCUT2D eigenvalue weighted by Crippen LogP contribution is 2.39. The summed E-state index contributed by atoms with van der Waals surface area (Å²) >= 11 is 0. The van der Waals surface area contributed by atoms with Crippen LogP contribution in [-0.4, -0.2) is 38.2 Å². The van der Waals surface area contributed by atoms with Crippen LogP contribution < -0.4 is 10.4 Å². The fourth-order valence-electron chi connectivity index (χ4n) is 5.48. The van der Waals surface area contributed by atoms with Gasteiger partial charge in [-0.1, -0.05) is 118 Å². The van der Waals surface area contributed by atoms with Crippen LogP contribution in [0.4, 0.5) is 0 Å². The van der Waals surface area contributed by atoms with Gasteiger partial charge in [-0.05, 0) is 67.6 Å². The maximum atomic E-state index is 13.2. The molecule has 4 nitrogen and oxygen atoms in total. The second-order valence-electron chi connectivity index (χ2n) is 12.6. The minimum Gasteiger partial charge on any atom is -0.400 e. The van der Waals surface area contributed by atoms with Crippen molar-refractivity contribution in [2.75, 3.05) is 0 Å². The smallest absolute Gasteiger partial charge is 0.261 e. The zero-order valence-electron chi connectivity index (χ0n) is 26.2. The Hall–Kier alpha value is -2.83. The normalized spacial score (nSPS) is 20.5. The van der Waals surface area contributed by atoms with Crippen LogP contribution in [0.15, 0.2) is 109 Å². The Balaban J connectivity index is 2.15. The van der Waals surface area contributed by atoms with Crippen molar-refractivity contribution in [2.45, 2.75) is 97.4 Å². The Morgan fingerprint density at radius 3 is 2.00 bits per heavy atom. The van der Waals surface area contributed by atoms with Crippen molar-refractivity contribution in [1.82, 2.24) is 0 Å². The lowest BCUT2D eigenvalue weighted by Crippen LogP contribution is -2.67. The van der Waals surface area contributed by atoms with Gasteiger partial charge in [0.2, 0.25) is 0 Å². The topological polar surface area (TPSA) is 44.8 Å². The Kier molecular flexibility index (Phi) is 10.7. The molecule has 0 N–H and O–H groups in total. The van der Waals surface area contributed by atoms with E-state index in [-0.39, 0.29) is 29.5 Å². The molecule has 2 aromatic carbocycles. The van der Waals surface area contributed by atoms with Crippen LogP contribution in [0.25, 0.3) is 0 Å². The number of hydrogen-bond acceptors (Lipinski definition) is 4. The molecular weight excluding hydrogens is 524 g/mol. The van der Waals surface area contributed by atoms with E-state index in [1.807, 2.05) is 45.9 Å². The molecule has 1 saturated heterocycles. The molecule has 220 valence electrons. The summed E-state index contributed by atoms with van der Waals surface area (Å²) in [6.07, 6.45) is 6.05. The van der Waals surface area contributed by atoms with Gasteiger partial charge in [0.15, 0.2) is 11.6 Å². The van der Waals surface area contributed by atoms with Crippen molar-refractivity contribution < 1.29 is 18.7 Å². The molecule has 1 heterocycles. The Morgan fingerprint density at radius 2 is 1.54 bits per heavy atom. The molecular formula is C36H48O4Si. The monoisotopic (exact) mass is 572 g/mol. The summed E-state index contributed by atoms with van der Waals surface area (Å²) in [5.74, 6) is -0.727. The fraction of sp³-hybridized carbons (Fsp3) is 0.417. The summed E-state index contributed by atoms with van der Waals surface area (Å²) in [6.45, 7) is 24.3. The molecule has 5 heteroatoms. The highest BCUT2D eigenvalue weighted by Gasteiger charge is 2.52. The van der Waals surface area contributed by atoms with E-state index in [2.05, 4.69) is 94.6 Å². The molecule has 0 bridgehead atoms. The highest BCUT2D eigenvalue weighted by molar-refractivity contribution is 6.99. The molecule has 1 aliphatic rings. The van der Waals surface area contributed by atoms with Crippen LogP contribution in [0.3, 0.4) is 0 Å². The van der Waals surface area contributed by atoms with Gasteiger partial charge >= 0.3 is 0 Å². The molecule has 2 aromatic rings. The van der Waals surface area contributed by atoms with Crippen LogP contribution in [0, 0.1) is 0 Å². The number of carbonyl (C=O) groups is 1. The van der Waals surface area contributed by atoms with E-state index in [9.17, 15) is 4.79 Å². The number of ether oxygens (including phenoxy) is 2. The Labute approximate surface area is 248 Å².